The standard InChI is InChI=1S/C24H32N2O2.2ClH/c1-28-24(27)15-19-26(18-12-21-8-4-2-5-9-21)23-13-16-25(17-14-23)20-22-10-6-3-7-11-22;;/h2-11,23H,12-20H2,1H3;2*1H. The first kappa shape index (κ1) is 26.4. The van der Waals surface area contributed by atoms with E-state index in [2.05, 4.69) is 70.5 Å². The number of hydrogen-bond donors (Lipinski definition) is 0. The molecule has 0 N–H and O–H groups in total. The Morgan fingerprint density at radius 1 is 0.933 bits per heavy atom. The van der Waals surface area contributed by atoms with Crippen LogP contribution >= 0.6 is 24.8 Å². The molecule has 2 aromatic rings. The van der Waals surface area contributed by atoms with E-state index < -0.39 is 0 Å². The van der Waals surface area contributed by atoms with E-state index in [-0.39, 0.29) is 30.8 Å². The molecule has 0 spiro atoms. The van der Waals surface area contributed by atoms with Gasteiger partial charge in [-0.05, 0) is 43.5 Å². The zero-order valence-corrected chi connectivity index (χ0v) is 19.4. The van der Waals surface area contributed by atoms with E-state index in [0.29, 0.717) is 12.5 Å². The molecule has 1 aliphatic rings. The average molecular weight is 453 g/mol. The minimum atomic E-state index is -0.119. The molecule has 2 aromatic carbocycles. The molecule has 30 heavy (non-hydrogen) atoms. The fraction of sp³-hybridized carbons (Fsp3) is 0.458. The zero-order chi connectivity index (χ0) is 19.6. The third kappa shape index (κ3) is 8.65. The smallest absolute Gasteiger partial charge is 0.306 e. The van der Waals surface area contributed by atoms with Gasteiger partial charge in [-0.1, -0.05) is 60.7 Å². The van der Waals surface area contributed by atoms with Gasteiger partial charge in [0.05, 0.1) is 13.5 Å². The van der Waals surface area contributed by atoms with E-state index in [0.717, 1.165) is 52.0 Å². The van der Waals surface area contributed by atoms with Gasteiger partial charge in [0.25, 0.3) is 0 Å². The molecule has 0 radical (unpaired) electrons. The van der Waals surface area contributed by atoms with Crippen LogP contribution in [0.2, 0.25) is 0 Å². The SMILES string of the molecule is COC(=O)CCN(CCc1ccccc1)C1CCN(Cc2ccccc2)CC1.Cl.Cl. The second-order valence-corrected chi connectivity index (χ2v) is 7.59. The Hall–Kier alpha value is -1.59. The first-order valence-electron chi connectivity index (χ1n) is 10.4. The first-order valence-corrected chi connectivity index (χ1v) is 10.4. The monoisotopic (exact) mass is 452 g/mol. The van der Waals surface area contributed by atoms with Gasteiger partial charge >= 0.3 is 5.97 Å². The van der Waals surface area contributed by atoms with Crippen LogP contribution in [0.3, 0.4) is 0 Å². The van der Waals surface area contributed by atoms with Crippen molar-refractivity contribution in [2.75, 3.05) is 33.3 Å². The van der Waals surface area contributed by atoms with E-state index >= 15 is 0 Å². The van der Waals surface area contributed by atoms with Gasteiger partial charge in [0.1, 0.15) is 0 Å². The van der Waals surface area contributed by atoms with Crippen LogP contribution < -0.4 is 0 Å². The summed E-state index contributed by atoms with van der Waals surface area (Å²) in [5.41, 5.74) is 2.74. The lowest BCUT2D eigenvalue weighted by Gasteiger charge is -2.38. The molecule has 4 nitrogen and oxygen atoms in total. The lowest BCUT2D eigenvalue weighted by molar-refractivity contribution is -0.141. The molecule has 1 aliphatic heterocycles. The predicted molar refractivity (Wildman–Crippen MR) is 128 cm³/mol. The number of methoxy groups -OCH3 is 1. The number of nitrogens with zero attached hydrogens (tertiary/aromatic N) is 2. The van der Waals surface area contributed by atoms with Crippen LogP contribution in [0.25, 0.3) is 0 Å². The fourth-order valence-corrected chi connectivity index (χ4v) is 4.02. The Morgan fingerprint density at radius 3 is 2.07 bits per heavy atom. The van der Waals surface area contributed by atoms with Crippen LogP contribution in [0.4, 0.5) is 0 Å². The van der Waals surface area contributed by atoms with E-state index in [1.807, 2.05) is 0 Å². The third-order valence-corrected chi connectivity index (χ3v) is 5.68. The van der Waals surface area contributed by atoms with Crippen LogP contribution in [0.15, 0.2) is 60.7 Å². The van der Waals surface area contributed by atoms with Gasteiger partial charge in [0.15, 0.2) is 0 Å². The largest absolute Gasteiger partial charge is 0.469 e. The Labute approximate surface area is 193 Å². The Morgan fingerprint density at radius 2 is 1.50 bits per heavy atom. The Kier molecular flexibility index (Phi) is 12.7. The summed E-state index contributed by atoms with van der Waals surface area (Å²) in [6.07, 6.45) is 3.80. The summed E-state index contributed by atoms with van der Waals surface area (Å²) in [4.78, 5) is 16.7. The van der Waals surface area contributed by atoms with Crippen LogP contribution in [0.1, 0.15) is 30.4 Å². The number of esters is 1. The van der Waals surface area contributed by atoms with Gasteiger partial charge in [-0.2, -0.15) is 0 Å². The number of rotatable bonds is 9. The highest BCUT2D eigenvalue weighted by molar-refractivity contribution is 5.85. The van der Waals surface area contributed by atoms with Gasteiger partial charge in [0.2, 0.25) is 0 Å². The van der Waals surface area contributed by atoms with E-state index in [1.165, 1.54) is 18.2 Å². The second kappa shape index (κ2) is 14.4. The van der Waals surface area contributed by atoms with Crippen molar-refractivity contribution in [3.8, 4) is 0 Å². The average Bonchev–Trinajstić information content (AvgIpc) is 2.76. The maximum absolute atomic E-state index is 11.7. The van der Waals surface area contributed by atoms with Gasteiger partial charge in [-0.15, -0.1) is 24.8 Å². The summed E-state index contributed by atoms with van der Waals surface area (Å²) in [6.45, 7) is 5.02. The molecule has 166 valence electrons. The summed E-state index contributed by atoms with van der Waals surface area (Å²) >= 11 is 0. The maximum atomic E-state index is 11.7. The number of hydrogen-bond acceptors (Lipinski definition) is 4. The molecule has 0 bridgehead atoms. The summed E-state index contributed by atoms with van der Waals surface area (Å²) in [6, 6.07) is 21.8. The van der Waals surface area contributed by atoms with Crippen molar-refractivity contribution in [2.45, 2.75) is 38.3 Å². The fourth-order valence-electron chi connectivity index (χ4n) is 4.02. The minimum Gasteiger partial charge on any atom is -0.469 e. The van der Waals surface area contributed by atoms with Crippen LogP contribution in [-0.4, -0.2) is 55.1 Å². The van der Waals surface area contributed by atoms with Crippen molar-refractivity contribution in [1.29, 1.82) is 0 Å². The van der Waals surface area contributed by atoms with Crippen LogP contribution in [-0.2, 0) is 22.5 Å². The number of ether oxygens (including phenoxy) is 1. The summed E-state index contributed by atoms with van der Waals surface area (Å²) in [7, 11) is 1.47. The molecule has 0 aliphatic carbocycles. The molecular formula is C24H34Cl2N2O2. The molecule has 0 amide bonds. The van der Waals surface area contributed by atoms with E-state index in [1.54, 1.807) is 0 Å². The van der Waals surface area contributed by atoms with Gasteiger partial charge in [0, 0.05) is 25.7 Å². The van der Waals surface area contributed by atoms with E-state index in [9.17, 15) is 4.79 Å². The molecule has 0 atom stereocenters. The van der Waals surface area contributed by atoms with Crippen molar-refractivity contribution in [1.82, 2.24) is 9.80 Å². The van der Waals surface area contributed by atoms with E-state index in [4.69, 9.17) is 4.74 Å². The highest BCUT2D eigenvalue weighted by Crippen LogP contribution is 2.19. The zero-order valence-electron chi connectivity index (χ0n) is 17.7. The molecule has 1 saturated heterocycles. The normalized spacial score (nSPS) is 14.6. The van der Waals surface area contributed by atoms with Gasteiger partial charge < -0.3 is 4.74 Å². The molecule has 1 fully saturated rings. The van der Waals surface area contributed by atoms with Crippen LogP contribution in [0, 0.1) is 0 Å². The number of likely N-dealkylation sites (tertiary alicyclic amines) is 1. The lowest BCUT2D eigenvalue weighted by atomic mass is 10.0. The number of carbonyl (C=O) groups excluding carboxylic acids is 1. The third-order valence-electron chi connectivity index (χ3n) is 5.68. The summed E-state index contributed by atoms with van der Waals surface area (Å²) < 4.78 is 4.86. The highest BCUT2D eigenvalue weighted by Gasteiger charge is 2.25. The van der Waals surface area contributed by atoms with Crippen molar-refractivity contribution >= 4 is 30.8 Å². The summed E-state index contributed by atoms with van der Waals surface area (Å²) in [5, 5.41) is 0. The predicted octanol–water partition coefficient (Wildman–Crippen LogP) is 4.60. The van der Waals surface area contributed by atoms with Crippen molar-refractivity contribution < 1.29 is 9.53 Å². The highest BCUT2D eigenvalue weighted by atomic mass is 35.5. The van der Waals surface area contributed by atoms with Crippen LogP contribution in [0.5, 0.6) is 0 Å². The number of benzene rings is 2. The molecule has 3 rings (SSSR count). The Bertz CT molecular complexity index is 708. The quantitative estimate of drug-likeness (QED) is 0.520. The summed E-state index contributed by atoms with van der Waals surface area (Å²) in [5.74, 6) is -0.119. The van der Waals surface area contributed by atoms with Crippen molar-refractivity contribution in [3.05, 3.63) is 71.8 Å². The molecule has 0 saturated carbocycles. The first-order chi connectivity index (χ1) is 13.7. The topological polar surface area (TPSA) is 32.8 Å². The number of carbonyl (C=O) groups is 1. The molecule has 6 heteroatoms. The second-order valence-electron chi connectivity index (χ2n) is 7.59. The van der Waals surface area contributed by atoms with Gasteiger partial charge in [-0.3, -0.25) is 14.6 Å². The lowest BCUT2D eigenvalue weighted by Crippen LogP contribution is -2.46. The Balaban J connectivity index is 0.00000225. The van der Waals surface area contributed by atoms with Crippen molar-refractivity contribution in [3.63, 3.8) is 0 Å². The molecular weight excluding hydrogens is 419 g/mol. The molecule has 0 unspecified atom stereocenters. The number of piperidine rings is 1. The number of halogens is 2. The minimum absolute atomic E-state index is 0. The van der Waals surface area contributed by atoms with Gasteiger partial charge in [-0.25, -0.2) is 0 Å². The molecule has 0 aromatic heterocycles. The maximum Gasteiger partial charge on any atom is 0.306 e. The van der Waals surface area contributed by atoms with Crippen molar-refractivity contribution in [2.24, 2.45) is 0 Å². The molecule has 1 heterocycles.